The van der Waals surface area contributed by atoms with E-state index in [4.69, 9.17) is 21.6 Å². The number of pyridine rings is 1. The predicted octanol–water partition coefficient (Wildman–Crippen LogP) is 2.52. The molecule has 0 saturated heterocycles. The van der Waals surface area contributed by atoms with Crippen LogP contribution in [0.15, 0.2) is 12.3 Å². The molecule has 0 radical (unpaired) electrons. The normalized spacial score (nSPS) is 23.4. The number of ether oxygens (including phenoxy) is 1. The summed E-state index contributed by atoms with van der Waals surface area (Å²) in [7, 11) is 1.94. The van der Waals surface area contributed by atoms with Crippen LogP contribution >= 0.6 is 11.6 Å². The van der Waals surface area contributed by atoms with Gasteiger partial charge in [0, 0.05) is 12.2 Å². The minimum absolute atomic E-state index is 0.0719. The third kappa shape index (κ3) is 2.74. The monoisotopic (exact) mass is 265 g/mol. The summed E-state index contributed by atoms with van der Waals surface area (Å²) >= 11 is 6.09. The fourth-order valence-corrected chi connectivity index (χ4v) is 2.50. The molecule has 1 N–H and O–H groups in total. The summed E-state index contributed by atoms with van der Waals surface area (Å²) < 4.78 is 5.88. The van der Waals surface area contributed by atoms with Crippen molar-refractivity contribution >= 4 is 11.6 Å². The molecular formula is C13H16ClN3O. The average molecular weight is 266 g/mol. The summed E-state index contributed by atoms with van der Waals surface area (Å²) in [5.41, 5.74) is 0.401. The van der Waals surface area contributed by atoms with Crippen molar-refractivity contribution in [2.75, 3.05) is 7.05 Å². The van der Waals surface area contributed by atoms with E-state index in [0.29, 0.717) is 22.5 Å². The lowest BCUT2D eigenvalue weighted by Crippen LogP contribution is -2.43. The first-order valence-electron chi connectivity index (χ1n) is 6.14. The summed E-state index contributed by atoms with van der Waals surface area (Å²) in [6, 6.07) is 3.94. The molecule has 1 aliphatic rings. The Morgan fingerprint density at radius 2 is 2.28 bits per heavy atom. The highest BCUT2D eigenvalue weighted by molar-refractivity contribution is 6.32. The van der Waals surface area contributed by atoms with Gasteiger partial charge in [0.1, 0.15) is 17.2 Å². The zero-order chi connectivity index (χ0) is 13.0. The van der Waals surface area contributed by atoms with Gasteiger partial charge >= 0.3 is 0 Å². The molecule has 1 saturated carbocycles. The number of rotatable bonds is 3. The number of hydrogen-bond acceptors (Lipinski definition) is 4. The highest BCUT2D eigenvalue weighted by Gasteiger charge is 2.26. The number of aromatic nitrogens is 1. The summed E-state index contributed by atoms with van der Waals surface area (Å²) in [6.45, 7) is 0. The van der Waals surface area contributed by atoms with Crippen LogP contribution in [-0.2, 0) is 0 Å². The zero-order valence-corrected chi connectivity index (χ0v) is 11.1. The van der Waals surface area contributed by atoms with E-state index < -0.39 is 0 Å². The van der Waals surface area contributed by atoms with Crippen LogP contribution in [0.25, 0.3) is 0 Å². The van der Waals surface area contributed by atoms with Crippen LogP contribution in [0.4, 0.5) is 0 Å². The Balaban J connectivity index is 2.15. The van der Waals surface area contributed by atoms with Gasteiger partial charge in [-0.1, -0.05) is 18.0 Å². The minimum atomic E-state index is 0.0719. The molecule has 18 heavy (non-hydrogen) atoms. The molecule has 96 valence electrons. The molecule has 0 aromatic carbocycles. The van der Waals surface area contributed by atoms with E-state index in [9.17, 15) is 0 Å². The first-order chi connectivity index (χ1) is 8.76. The first kappa shape index (κ1) is 13.1. The molecule has 0 aliphatic heterocycles. The number of hydrogen-bond donors (Lipinski definition) is 1. The molecule has 5 heteroatoms. The van der Waals surface area contributed by atoms with Crippen molar-refractivity contribution in [2.45, 2.75) is 37.8 Å². The Hall–Kier alpha value is -1.31. The summed E-state index contributed by atoms with van der Waals surface area (Å²) in [5, 5.41) is 12.5. The highest BCUT2D eigenvalue weighted by atomic mass is 35.5. The van der Waals surface area contributed by atoms with Gasteiger partial charge in [0.2, 0.25) is 5.88 Å². The smallest absolute Gasteiger partial charge is 0.234 e. The molecule has 1 aromatic rings. The van der Waals surface area contributed by atoms with Crippen molar-refractivity contribution in [3.8, 4) is 11.9 Å². The maximum atomic E-state index is 8.92. The van der Waals surface area contributed by atoms with Crippen LogP contribution in [0.3, 0.4) is 0 Å². The topological polar surface area (TPSA) is 57.9 Å². The van der Waals surface area contributed by atoms with Crippen molar-refractivity contribution in [3.05, 3.63) is 22.8 Å². The number of nitrogens with zero attached hydrogens (tertiary/aromatic N) is 2. The van der Waals surface area contributed by atoms with E-state index in [2.05, 4.69) is 10.3 Å². The lowest BCUT2D eigenvalue weighted by molar-refractivity contribution is 0.113. The van der Waals surface area contributed by atoms with Gasteiger partial charge in [-0.25, -0.2) is 4.98 Å². The van der Waals surface area contributed by atoms with Crippen LogP contribution < -0.4 is 10.1 Å². The molecule has 1 heterocycles. The second kappa shape index (κ2) is 6.03. The zero-order valence-electron chi connectivity index (χ0n) is 10.3. The van der Waals surface area contributed by atoms with Crippen LogP contribution in [0.5, 0.6) is 5.88 Å². The van der Waals surface area contributed by atoms with Crippen molar-refractivity contribution < 1.29 is 4.74 Å². The molecule has 0 amide bonds. The molecule has 2 unspecified atom stereocenters. The molecular weight excluding hydrogens is 250 g/mol. The van der Waals surface area contributed by atoms with Crippen molar-refractivity contribution in [1.29, 1.82) is 5.26 Å². The maximum Gasteiger partial charge on any atom is 0.234 e. The van der Waals surface area contributed by atoms with E-state index >= 15 is 0 Å². The third-order valence-electron chi connectivity index (χ3n) is 3.31. The average Bonchev–Trinajstić information content (AvgIpc) is 2.42. The van der Waals surface area contributed by atoms with Gasteiger partial charge in [-0.05, 0) is 32.4 Å². The Labute approximate surface area is 112 Å². The Bertz CT molecular complexity index is 458. The van der Waals surface area contributed by atoms with Gasteiger partial charge in [0.15, 0.2) is 0 Å². The predicted molar refractivity (Wildman–Crippen MR) is 69.7 cm³/mol. The number of nitrogens with one attached hydrogen (secondary N) is 1. The summed E-state index contributed by atoms with van der Waals surface area (Å²) in [4.78, 5) is 4.12. The molecule has 1 aliphatic carbocycles. The molecule has 2 rings (SSSR count). The van der Waals surface area contributed by atoms with Crippen LogP contribution in [0.1, 0.15) is 31.2 Å². The van der Waals surface area contributed by atoms with Gasteiger partial charge in [0.05, 0.1) is 5.56 Å². The molecule has 4 nitrogen and oxygen atoms in total. The van der Waals surface area contributed by atoms with Crippen LogP contribution in [0.2, 0.25) is 5.02 Å². The second-order valence-corrected chi connectivity index (χ2v) is 4.80. The fourth-order valence-electron chi connectivity index (χ4n) is 2.30. The van der Waals surface area contributed by atoms with E-state index in [-0.39, 0.29) is 6.10 Å². The summed E-state index contributed by atoms with van der Waals surface area (Å²) in [6.07, 6.45) is 6.07. The minimum Gasteiger partial charge on any atom is -0.472 e. The maximum absolute atomic E-state index is 8.92. The lowest BCUT2D eigenvalue weighted by atomic mass is 9.92. The van der Waals surface area contributed by atoms with Gasteiger partial charge in [-0.2, -0.15) is 5.26 Å². The Morgan fingerprint density at radius 1 is 1.50 bits per heavy atom. The van der Waals surface area contributed by atoms with Gasteiger partial charge < -0.3 is 10.1 Å². The van der Waals surface area contributed by atoms with Gasteiger partial charge in [0.25, 0.3) is 0 Å². The molecule has 2 atom stereocenters. The SMILES string of the molecule is CNC1CCCCC1Oc1nccc(C#N)c1Cl. The Kier molecular flexibility index (Phi) is 4.40. The largest absolute Gasteiger partial charge is 0.472 e. The van der Waals surface area contributed by atoms with Crippen molar-refractivity contribution in [3.63, 3.8) is 0 Å². The van der Waals surface area contributed by atoms with E-state index in [1.54, 1.807) is 12.3 Å². The second-order valence-electron chi connectivity index (χ2n) is 4.43. The quantitative estimate of drug-likeness (QED) is 0.912. The standard InChI is InChI=1S/C13H16ClN3O/c1-16-10-4-2-3-5-11(10)18-13-12(14)9(8-15)6-7-17-13/h6-7,10-11,16H,2-5H2,1H3. The van der Waals surface area contributed by atoms with Gasteiger partial charge in [-0.3, -0.25) is 0 Å². The van der Waals surface area contributed by atoms with E-state index in [1.165, 1.54) is 6.42 Å². The number of nitriles is 1. The highest BCUT2D eigenvalue weighted by Crippen LogP contribution is 2.29. The van der Waals surface area contributed by atoms with Gasteiger partial charge in [-0.15, -0.1) is 0 Å². The molecule has 1 fully saturated rings. The van der Waals surface area contributed by atoms with Crippen LogP contribution in [0, 0.1) is 11.3 Å². The van der Waals surface area contributed by atoms with Crippen molar-refractivity contribution in [1.82, 2.24) is 10.3 Å². The van der Waals surface area contributed by atoms with Crippen LogP contribution in [-0.4, -0.2) is 24.2 Å². The molecule has 0 bridgehead atoms. The first-order valence-corrected chi connectivity index (χ1v) is 6.52. The van der Waals surface area contributed by atoms with Crippen molar-refractivity contribution in [2.24, 2.45) is 0 Å². The van der Waals surface area contributed by atoms with E-state index in [0.717, 1.165) is 19.3 Å². The third-order valence-corrected chi connectivity index (χ3v) is 3.68. The van der Waals surface area contributed by atoms with E-state index in [1.807, 2.05) is 13.1 Å². The fraction of sp³-hybridized carbons (Fsp3) is 0.538. The lowest BCUT2D eigenvalue weighted by Gasteiger charge is -2.31. The summed E-state index contributed by atoms with van der Waals surface area (Å²) in [5.74, 6) is 0.364. The molecule has 0 spiro atoms. The number of halogens is 1. The molecule has 1 aromatic heterocycles. The number of likely N-dealkylation sites (N-methyl/N-ethyl adjacent to an activating group) is 1. The Morgan fingerprint density at radius 3 is 3.00 bits per heavy atom.